The molecule has 0 aliphatic heterocycles. The SMILES string of the molecule is CC(=O)C1CC(I)C(NC(=O)C2CC(I)C(I)C(I)C2)C(I)C1. The Balaban J connectivity index is 1.96. The summed E-state index contributed by atoms with van der Waals surface area (Å²) in [6.07, 6.45) is 3.76. The van der Waals surface area contributed by atoms with Crippen LogP contribution in [0.3, 0.4) is 0 Å². The molecule has 0 radical (unpaired) electrons. The average molecular weight is 881 g/mol. The van der Waals surface area contributed by atoms with E-state index in [4.69, 9.17) is 0 Å². The first kappa shape index (κ1) is 22.1. The van der Waals surface area contributed by atoms with Crippen molar-refractivity contribution in [3.05, 3.63) is 0 Å². The minimum absolute atomic E-state index is 0.141. The lowest BCUT2D eigenvalue weighted by Gasteiger charge is -2.39. The number of carbonyl (C=O) groups excluding carboxylic acids is 2. The fraction of sp³-hybridized carbons (Fsp3) is 0.867. The van der Waals surface area contributed by atoms with Crippen LogP contribution in [0.15, 0.2) is 0 Å². The van der Waals surface area contributed by atoms with Crippen molar-refractivity contribution in [3.8, 4) is 0 Å². The summed E-state index contributed by atoms with van der Waals surface area (Å²) in [7, 11) is 0. The molecule has 2 rings (SSSR count). The van der Waals surface area contributed by atoms with Crippen LogP contribution in [-0.4, -0.2) is 37.4 Å². The Hall–Kier alpha value is 2.79. The van der Waals surface area contributed by atoms with Gasteiger partial charge in [-0.25, -0.2) is 0 Å². The van der Waals surface area contributed by atoms with Gasteiger partial charge in [0.25, 0.3) is 0 Å². The largest absolute Gasteiger partial charge is 0.351 e. The minimum Gasteiger partial charge on any atom is -0.351 e. The Morgan fingerprint density at radius 2 is 1.22 bits per heavy atom. The molecule has 8 heteroatoms. The van der Waals surface area contributed by atoms with Crippen LogP contribution in [0.1, 0.15) is 32.6 Å². The maximum absolute atomic E-state index is 12.8. The van der Waals surface area contributed by atoms with E-state index in [1.165, 1.54) is 0 Å². The zero-order valence-corrected chi connectivity index (χ0v) is 23.4. The van der Waals surface area contributed by atoms with Crippen molar-refractivity contribution in [2.24, 2.45) is 11.8 Å². The van der Waals surface area contributed by atoms with Gasteiger partial charge in [0.2, 0.25) is 5.91 Å². The Morgan fingerprint density at radius 3 is 1.65 bits per heavy atom. The van der Waals surface area contributed by atoms with Gasteiger partial charge >= 0.3 is 0 Å². The Kier molecular flexibility index (Phi) is 9.43. The van der Waals surface area contributed by atoms with Crippen LogP contribution < -0.4 is 5.32 Å². The molecule has 4 atom stereocenters. The van der Waals surface area contributed by atoms with E-state index in [1.54, 1.807) is 6.92 Å². The summed E-state index contributed by atoms with van der Waals surface area (Å²) < 4.78 is 2.47. The second kappa shape index (κ2) is 9.82. The van der Waals surface area contributed by atoms with Gasteiger partial charge in [-0.15, -0.1) is 0 Å². The molecule has 3 nitrogen and oxygen atoms in total. The molecule has 2 aliphatic carbocycles. The second-order valence-corrected chi connectivity index (χ2v) is 14.3. The van der Waals surface area contributed by atoms with E-state index in [2.05, 4.69) is 118 Å². The molecule has 0 aromatic rings. The van der Waals surface area contributed by atoms with Gasteiger partial charge in [-0.1, -0.05) is 113 Å². The molecular weight excluding hydrogens is 861 g/mol. The predicted molar refractivity (Wildman–Crippen MR) is 137 cm³/mol. The van der Waals surface area contributed by atoms with Gasteiger partial charge < -0.3 is 5.32 Å². The van der Waals surface area contributed by atoms with Gasteiger partial charge in [0.15, 0.2) is 0 Å². The van der Waals surface area contributed by atoms with Gasteiger partial charge in [0, 0.05) is 31.5 Å². The van der Waals surface area contributed by atoms with E-state index in [1.807, 2.05) is 0 Å². The zero-order valence-electron chi connectivity index (χ0n) is 12.7. The predicted octanol–water partition coefficient (Wildman–Crippen LogP) is 4.90. The van der Waals surface area contributed by atoms with E-state index < -0.39 is 0 Å². The number of ketones is 1. The lowest BCUT2D eigenvalue weighted by molar-refractivity contribution is -0.126. The van der Waals surface area contributed by atoms with Gasteiger partial charge in [0.05, 0.1) is 6.04 Å². The quantitative estimate of drug-likeness (QED) is 0.325. The molecule has 0 bridgehead atoms. The number of hydrogen-bond donors (Lipinski definition) is 1. The van der Waals surface area contributed by atoms with Gasteiger partial charge in [-0.3, -0.25) is 9.59 Å². The van der Waals surface area contributed by atoms with Gasteiger partial charge in [-0.2, -0.15) is 0 Å². The van der Waals surface area contributed by atoms with Crippen molar-refractivity contribution < 1.29 is 9.59 Å². The summed E-state index contributed by atoms with van der Waals surface area (Å²) in [5.74, 6) is 0.826. The molecule has 0 aromatic carbocycles. The first-order valence-corrected chi connectivity index (χ1v) is 13.9. The third kappa shape index (κ3) is 5.88. The third-order valence-corrected chi connectivity index (χ3v) is 14.4. The standard InChI is InChI=1S/C15H20I5NO2/c1-6(22)7-2-11(18)14(12(19)3-7)21-15(23)8-4-9(16)13(20)10(17)5-8/h7-14H,2-5H2,1H3,(H,21,23). The number of halogens is 5. The average Bonchev–Trinajstić information content (AvgIpc) is 2.47. The van der Waals surface area contributed by atoms with Crippen molar-refractivity contribution in [2.75, 3.05) is 0 Å². The van der Waals surface area contributed by atoms with Crippen LogP contribution in [0, 0.1) is 11.8 Å². The molecule has 0 heterocycles. The molecule has 4 unspecified atom stereocenters. The normalized spacial score (nSPS) is 44.6. The highest BCUT2D eigenvalue weighted by molar-refractivity contribution is 14.1. The Morgan fingerprint density at radius 1 is 0.783 bits per heavy atom. The Labute approximate surface area is 206 Å². The molecule has 23 heavy (non-hydrogen) atoms. The Bertz CT molecular complexity index is 439. The highest BCUT2D eigenvalue weighted by Gasteiger charge is 2.41. The van der Waals surface area contributed by atoms with Crippen molar-refractivity contribution in [3.63, 3.8) is 0 Å². The topological polar surface area (TPSA) is 46.2 Å². The molecule has 1 amide bonds. The van der Waals surface area contributed by atoms with E-state index >= 15 is 0 Å². The maximum atomic E-state index is 12.8. The molecule has 0 saturated heterocycles. The van der Waals surface area contributed by atoms with Crippen molar-refractivity contribution in [1.82, 2.24) is 5.32 Å². The number of rotatable bonds is 3. The van der Waals surface area contributed by atoms with Crippen molar-refractivity contribution in [1.29, 1.82) is 0 Å². The highest BCUT2D eigenvalue weighted by atomic mass is 127. The van der Waals surface area contributed by atoms with Crippen LogP contribution in [0.25, 0.3) is 0 Å². The molecule has 1 N–H and O–H groups in total. The molecule has 0 spiro atoms. The number of amides is 1. The summed E-state index contributed by atoms with van der Waals surface area (Å²) in [5.41, 5.74) is 0. The fourth-order valence-electron chi connectivity index (χ4n) is 3.30. The minimum atomic E-state index is 0.141. The summed E-state index contributed by atoms with van der Waals surface area (Å²) >= 11 is 12.4. The van der Waals surface area contributed by atoms with Gasteiger partial charge in [0.1, 0.15) is 5.78 Å². The molecule has 2 saturated carbocycles. The number of nitrogens with one attached hydrogen (secondary N) is 1. The second-order valence-electron chi connectivity index (χ2n) is 6.49. The number of carbonyl (C=O) groups is 2. The molecule has 0 aromatic heterocycles. The molecule has 2 fully saturated rings. The number of alkyl halides is 5. The van der Waals surface area contributed by atoms with Crippen LogP contribution in [0.2, 0.25) is 0 Å². The summed E-state index contributed by atoms with van der Waals surface area (Å²) in [5, 5.41) is 3.33. The van der Waals surface area contributed by atoms with Crippen molar-refractivity contribution in [2.45, 2.75) is 58.3 Å². The molecular formula is C15H20I5NO2. The first-order chi connectivity index (χ1) is 10.7. The van der Waals surface area contributed by atoms with Crippen LogP contribution >= 0.6 is 113 Å². The van der Waals surface area contributed by atoms with Crippen molar-refractivity contribution >= 4 is 125 Å². The smallest absolute Gasteiger partial charge is 0.223 e. The number of hydrogen-bond acceptors (Lipinski definition) is 2. The van der Waals surface area contributed by atoms with Crippen LogP contribution in [0.4, 0.5) is 0 Å². The maximum Gasteiger partial charge on any atom is 0.223 e. The van der Waals surface area contributed by atoms with E-state index in [0.717, 1.165) is 25.7 Å². The lowest BCUT2D eigenvalue weighted by Crippen LogP contribution is -2.53. The van der Waals surface area contributed by atoms with E-state index in [-0.39, 0.29) is 23.8 Å². The molecule has 2 aliphatic rings. The fourth-order valence-corrected chi connectivity index (χ4v) is 10.3. The van der Waals surface area contributed by atoms with Crippen LogP contribution in [0.5, 0.6) is 0 Å². The summed E-state index contributed by atoms with van der Waals surface area (Å²) in [6, 6.07) is 0.192. The van der Waals surface area contributed by atoms with Gasteiger partial charge in [-0.05, 0) is 32.6 Å². The van der Waals surface area contributed by atoms with Crippen LogP contribution in [-0.2, 0) is 9.59 Å². The number of Topliss-reactive ketones (excluding diaryl/α,β-unsaturated/α-hetero) is 1. The molecule has 132 valence electrons. The third-order valence-electron chi connectivity index (χ3n) is 4.76. The van der Waals surface area contributed by atoms with E-state index in [9.17, 15) is 9.59 Å². The first-order valence-electron chi connectivity index (χ1n) is 7.71. The summed E-state index contributed by atoms with van der Waals surface area (Å²) in [6.45, 7) is 1.69. The lowest BCUT2D eigenvalue weighted by atomic mass is 9.83. The highest BCUT2D eigenvalue weighted by Crippen LogP contribution is 2.39. The zero-order chi connectivity index (χ0) is 17.3. The van der Waals surface area contributed by atoms with E-state index in [0.29, 0.717) is 25.4 Å². The monoisotopic (exact) mass is 881 g/mol. The summed E-state index contributed by atoms with van der Waals surface area (Å²) in [4.78, 5) is 24.4.